The monoisotopic (exact) mass is 463 g/mol. The zero-order valence-corrected chi connectivity index (χ0v) is 19.1. The van der Waals surface area contributed by atoms with E-state index < -0.39 is 17.4 Å². The van der Waals surface area contributed by atoms with Crippen LogP contribution in [0.5, 0.6) is 5.75 Å². The fourth-order valence-electron chi connectivity index (χ4n) is 2.90. The van der Waals surface area contributed by atoms with Gasteiger partial charge in [0.1, 0.15) is 22.0 Å². The van der Waals surface area contributed by atoms with Gasteiger partial charge >= 0.3 is 5.97 Å². The highest BCUT2D eigenvalue weighted by atomic mass is 35.5. The molecule has 2 heterocycles. The second-order valence-electron chi connectivity index (χ2n) is 7.30. The number of nitrogens with one attached hydrogen (secondary N) is 1. The van der Waals surface area contributed by atoms with E-state index in [4.69, 9.17) is 21.1 Å². The van der Waals surface area contributed by atoms with E-state index in [1.54, 1.807) is 25.1 Å². The second kappa shape index (κ2) is 9.49. The molecule has 0 aliphatic carbocycles. The smallest absolute Gasteiger partial charge is 0.348 e. The Balaban J connectivity index is 1.85. The minimum atomic E-state index is -0.481. The van der Waals surface area contributed by atoms with Crippen LogP contribution in [0.4, 0.5) is 5.69 Å². The Morgan fingerprint density at radius 3 is 2.74 bits per heavy atom. The maximum absolute atomic E-state index is 13.0. The summed E-state index contributed by atoms with van der Waals surface area (Å²) in [6, 6.07) is 4.83. The van der Waals surface area contributed by atoms with Gasteiger partial charge in [-0.1, -0.05) is 25.4 Å². The van der Waals surface area contributed by atoms with E-state index in [1.165, 1.54) is 18.0 Å². The van der Waals surface area contributed by atoms with Gasteiger partial charge in [0.2, 0.25) is 5.91 Å². The first-order valence-electron chi connectivity index (χ1n) is 9.50. The van der Waals surface area contributed by atoms with E-state index >= 15 is 0 Å². The molecule has 1 aromatic carbocycles. The molecule has 3 aromatic rings. The average molecular weight is 464 g/mol. The van der Waals surface area contributed by atoms with Crippen molar-refractivity contribution in [2.24, 2.45) is 5.92 Å². The molecule has 164 valence electrons. The Morgan fingerprint density at radius 1 is 1.32 bits per heavy atom. The molecule has 1 amide bonds. The Kier molecular flexibility index (Phi) is 6.97. The highest BCUT2D eigenvalue weighted by Gasteiger charge is 2.21. The average Bonchev–Trinajstić information content (AvgIpc) is 3.05. The summed E-state index contributed by atoms with van der Waals surface area (Å²) in [6.45, 7) is 5.58. The molecule has 0 aliphatic rings. The summed E-state index contributed by atoms with van der Waals surface area (Å²) in [4.78, 5) is 42.9. The molecular weight excluding hydrogens is 442 g/mol. The number of aryl methyl sites for hydroxylation is 1. The lowest BCUT2D eigenvalue weighted by atomic mass is 10.2. The summed E-state index contributed by atoms with van der Waals surface area (Å²) in [5, 5.41) is 3.42. The number of carbonyl (C=O) groups excluding carboxylic acids is 2. The first-order chi connectivity index (χ1) is 14.7. The number of anilines is 1. The van der Waals surface area contributed by atoms with Gasteiger partial charge in [-0.25, -0.2) is 9.78 Å². The van der Waals surface area contributed by atoms with E-state index in [-0.39, 0.29) is 19.1 Å². The van der Waals surface area contributed by atoms with Crippen LogP contribution in [0.15, 0.2) is 29.3 Å². The summed E-state index contributed by atoms with van der Waals surface area (Å²) in [6.07, 6.45) is 1.29. The standard InChI is InChI=1S/C21H22ClN3O5S/c1-11(2)9-30-21(28)18-12(3)17-19(31-18)23-10-25(20(17)27)8-16(26)24-14-7-13(22)5-6-15(14)29-4/h5-7,10-11H,8-9H2,1-4H3,(H,24,26). The van der Waals surface area contributed by atoms with Crippen molar-refractivity contribution in [3.8, 4) is 5.75 Å². The van der Waals surface area contributed by atoms with E-state index in [1.807, 2.05) is 13.8 Å². The van der Waals surface area contributed by atoms with Crippen LogP contribution in [-0.4, -0.2) is 35.1 Å². The number of carbonyl (C=O) groups is 2. The number of hydrogen-bond acceptors (Lipinski definition) is 7. The third-order valence-corrected chi connectivity index (χ3v) is 5.81. The molecule has 0 bridgehead atoms. The zero-order chi connectivity index (χ0) is 22.7. The zero-order valence-electron chi connectivity index (χ0n) is 17.5. The van der Waals surface area contributed by atoms with E-state index in [0.29, 0.717) is 37.1 Å². The number of fused-ring (bicyclic) bond motifs is 1. The lowest BCUT2D eigenvalue weighted by Crippen LogP contribution is -2.28. The minimum absolute atomic E-state index is 0.200. The van der Waals surface area contributed by atoms with Crippen molar-refractivity contribution in [2.75, 3.05) is 19.0 Å². The van der Waals surface area contributed by atoms with Gasteiger partial charge in [-0.05, 0) is 36.6 Å². The van der Waals surface area contributed by atoms with Gasteiger partial charge in [0.25, 0.3) is 5.56 Å². The van der Waals surface area contributed by atoms with Crippen LogP contribution in [0.1, 0.15) is 29.1 Å². The molecule has 0 saturated carbocycles. The molecule has 0 radical (unpaired) electrons. The molecule has 0 fully saturated rings. The molecule has 31 heavy (non-hydrogen) atoms. The number of hydrogen-bond donors (Lipinski definition) is 1. The maximum atomic E-state index is 13.0. The van der Waals surface area contributed by atoms with Gasteiger partial charge in [-0.15, -0.1) is 11.3 Å². The van der Waals surface area contributed by atoms with E-state index in [9.17, 15) is 14.4 Å². The number of esters is 1. The van der Waals surface area contributed by atoms with Crippen LogP contribution in [0.3, 0.4) is 0 Å². The Bertz CT molecular complexity index is 1200. The topological polar surface area (TPSA) is 99.5 Å². The van der Waals surface area contributed by atoms with Crippen molar-refractivity contribution >= 4 is 50.7 Å². The van der Waals surface area contributed by atoms with Crippen molar-refractivity contribution in [1.29, 1.82) is 0 Å². The predicted molar refractivity (Wildman–Crippen MR) is 120 cm³/mol. The van der Waals surface area contributed by atoms with Crippen LogP contribution in [0, 0.1) is 12.8 Å². The number of benzene rings is 1. The number of nitrogens with zero attached hydrogens (tertiary/aromatic N) is 2. The van der Waals surface area contributed by atoms with Crippen molar-refractivity contribution in [2.45, 2.75) is 27.3 Å². The summed E-state index contributed by atoms with van der Waals surface area (Å²) in [7, 11) is 1.48. The molecule has 2 aromatic heterocycles. The predicted octanol–water partition coefficient (Wildman–Crippen LogP) is 3.88. The third kappa shape index (κ3) is 5.05. The van der Waals surface area contributed by atoms with Crippen molar-refractivity contribution in [3.05, 3.63) is 50.3 Å². The lowest BCUT2D eigenvalue weighted by Gasteiger charge is -2.11. The number of amides is 1. The van der Waals surface area contributed by atoms with Gasteiger partial charge < -0.3 is 14.8 Å². The van der Waals surface area contributed by atoms with Gasteiger partial charge in [-0.3, -0.25) is 14.2 Å². The molecule has 1 N–H and O–H groups in total. The third-order valence-electron chi connectivity index (χ3n) is 4.40. The largest absolute Gasteiger partial charge is 0.495 e. The van der Waals surface area contributed by atoms with Gasteiger partial charge in [0.05, 0.1) is 31.1 Å². The summed E-state index contributed by atoms with van der Waals surface area (Å²) >= 11 is 7.09. The molecule has 0 saturated heterocycles. The molecule has 0 aliphatic heterocycles. The maximum Gasteiger partial charge on any atom is 0.348 e. The second-order valence-corrected chi connectivity index (χ2v) is 8.73. The Morgan fingerprint density at radius 2 is 2.06 bits per heavy atom. The van der Waals surface area contributed by atoms with Crippen molar-refractivity contribution < 1.29 is 19.1 Å². The first-order valence-corrected chi connectivity index (χ1v) is 10.7. The van der Waals surface area contributed by atoms with Crippen molar-refractivity contribution in [1.82, 2.24) is 9.55 Å². The number of thiophene rings is 1. The minimum Gasteiger partial charge on any atom is -0.495 e. The summed E-state index contributed by atoms with van der Waals surface area (Å²) in [5.41, 5.74) is 0.483. The van der Waals surface area contributed by atoms with Crippen LogP contribution in [0.25, 0.3) is 10.2 Å². The highest BCUT2D eigenvalue weighted by molar-refractivity contribution is 7.20. The molecule has 0 unspecified atom stereocenters. The van der Waals surface area contributed by atoms with Gasteiger partial charge in [0, 0.05) is 5.02 Å². The van der Waals surface area contributed by atoms with Crippen LogP contribution >= 0.6 is 22.9 Å². The lowest BCUT2D eigenvalue weighted by molar-refractivity contribution is -0.116. The first kappa shape index (κ1) is 22.8. The summed E-state index contributed by atoms with van der Waals surface area (Å²) < 4.78 is 11.7. The van der Waals surface area contributed by atoms with E-state index in [0.717, 1.165) is 11.3 Å². The molecular formula is C21H22ClN3O5S. The quantitative estimate of drug-likeness (QED) is 0.534. The fraction of sp³-hybridized carbons (Fsp3) is 0.333. The molecule has 0 atom stereocenters. The molecule has 8 nitrogen and oxygen atoms in total. The highest BCUT2D eigenvalue weighted by Crippen LogP contribution is 2.29. The van der Waals surface area contributed by atoms with Gasteiger partial charge in [0.15, 0.2) is 0 Å². The number of rotatable bonds is 7. The fourth-order valence-corrected chi connectivity index (χ4v) is 4.10. The normalized spacial score (nSPS) is 11.0. The summed E-state index contributed by atoms with van der Waals surface area (Å²) in [5.74, 6) is -0.290. The van der Waals surface area contributed by atoms with Crippen LogP contribution in [-0.2, 0) is 16.1 Å². The van der Waals surface area contributed by atoms with Crippen LogP contribution < -0.4 is 15.6 Å². The van der Waals surface area contributed by atoms with Crippen molar-refractivity contribution in [3.63, 3.8) is 0 Å². The number of aromatic nitrogens is 2. The Hall–Kier alpha value is -2.91. The van der Waals surface area contributed by atoms with Crippen LogP contribution in [0.2, 0.25) is 5.02 Å². The number of halogens is 1. The SMILES string of the molecule is COc1ccc(Cl)cc1NC(=O)Cn1cnc2sc(C(=O)OCC(C)C)c(C)c2c1=O. The molecule has 3 rings (SSSR count). The molecule has 10 heteroatoms. The van der Waals surface area contributed by atoms with Gasteiger partial charge in [-0.2, -0.15) is 0 Å². The number of methoxy groups -OCH3 is 1. The molecule has 0 spiro atoms. The number of ether oxygens (including phenoxy) is 2. The Labute approximate surface area is 187 Å². The van der Waals surface area contributed by atoms with E-state index in [2.05, 4.69) is 10.3 Å².